The summed E-state index contributed by atoms with van der Waals surface area (Å²) in [6.07, 6.45) is 0. The number of aromatic nitrogens is 2. The first-order valence-corrected chi connectivity index (χ1v) is 5.95. The molecule has 2 rings (SSSR count). The molecule has 1 aromatic heterocycles. The van der Waals surface area contributed by atoms with E-state index in [0.717, 1.165) is 12.1 Å². The van der Waals surface area contributed by atoms with E-state index in [2.05, 4.69) is 5.10 Å². The average molecular weight is 281 g/mol. The van der Waals surface area contributed by atoms with E-state index in [1.807, 2.05) is 0 Å². The van der Waals surface area contributed by atoms with Gasteiger partial charge in [0.25, 0.3) is 0 Å². The van der Waals surface area contributed by atoms with Crippen molar-refractivity contribution in [3.63, 3.8) is 0 Å². The number of nitrogens with two attached hydrogens (primary N) is 1. The Bertz CT molecular complexity index is 641. The van der Waals surface area contributed by atoms with Gasteiger partial charge in [-0.15, -0.1) is 0 Å². The number of anilines is 1. The van der Waals surface area contributed by atoms with Crippen molar-refractivity contribution in [1.82, 2.24) is 9.78 Å². The van der Waals surface area contributed by atoms with E-state index in [9.17, 15) is 13.6 Å². The van der Waals surface area contributed by atoms with E-state index < -0.39 is 17.6 Å². The van der Waals surface area contributed by atoms with Crippen LogP contribution in [0.5, 0.6) is 0 Å². The molecule has 0 aliphatic carbocycles. The summed E-state index contributed by atoms with van der Waals surface area (Å²) in [5.41, 5.74) is 5.97. The van der Waals surface area contributed by atoms with Crippen LogP contribution in [0.1, 0.15) is 23.0 Å². The maximum Gasteiger partial charge on any atom is 0.358 e. The van der Waals surface area contributed by atoms with E-state index >= 15 is 0 Å². The summed E-state index contributed by atoms with van der Waals surface area (Å²) in [5.74, 6) is -1.77. The predicted octanol–water partition coefficient (Wildman–Crippen LogP) is 1.97. The van der Waals surface area contributed by atoms with Gasteiger partial charge in [-0.3, -0.25) is 0 Å². The molecule has 0 atom stereocenters. The van der Waals surface area contributed by atoms with Gasteiger partial charge in [-0.05, 0) is 13.0 Å². The van der Waals surface area contributed by atoms with Crippen LogP contribution in [0.2, 0.25) is 0 Å². The molecule has 1 aromatic carbocycles. The van der Waals surface area contributed by atoms with Gasteiger partial charge in [-0.2, -0.15) is 5.10 Å². The van der Waals surface area contributed by atoms with E-state index in [0.29, 0.717) is 0 Å². The molecule has 2 aromatic rings. The highest BCUT2D eigenvalue weighted by molar-refractivity contribution is 5.88. The molecule has 5 nitrogen and oxygen atoms in total. The standard InChI is InChI=1S/C13H13F2N3O2/c1-2-20-13(19)11-6-12(16)18(17-11)7-8-3-4-9(14)5-10(8)15/h3-6H,2,7,16H2,1H3. The molecule has 0 saturated carbocycles. The van der Waals surface area contributed by atoms with E-state index in [1.165, 1.54) is 16.8 Å². The van der Waals surface area contributed by atoms with E-state index in [4.69, 9.17) is 10.5 Å². The summed E-state index contributed by atoms with van der Waals surface area (Å²) in [7, 11) is 0. The predicted molar refractivity (Wildman–Crippen MR) is 68.1 cm³/mol. The first kappa shape index (κ1) is 14.0. The highest BCUT2D eigenvalue weighted by Crippen LogP contribution is 2.14. The molecular formula is C13H13F2N3O2. The molecule has 2 N–H and O–H groups in total. The molecule has 0 bridgehead atoms. The average Bonchev–Trinajstić information content (AvgIpc) is 2.75. The molecular weight excluding hydrogens is 268 g/mol. The highest BCUT2D eigenvalue weighted by atomic mass is 19.1. The summed E-state index contributed by atoms with van der Waals surface area (Å²) in [6.45, 7) is 1.89. The zero-order valence-corrected chi connectivity index (χ0v) is 10.8. The number of ether oxygens (including phenoxy) is 1. The first-order chi connectivity index (χ1) is 9.51. The van der Waals surface area contributed by atoms with Crippen molar-refractivity contribution in [3.05, 3.63) is 47.2 Å². The fourth-order valence-electron chi connectivity index (χ4n) is 1.67. The minimum absolute atomic E-state index is 0.00263. The Morgan fingerprint density at radius 3 is 2.80 bits per heavy atom. The summed E-state index contributed by atoms with van der Waals surface area (Å²) >= 11 is 0. The number of carbonyl (C=O) groups is 1. The molecule has 106 valence electrons. The number of benzene rings is 1. The molecule has 0 radical (unpaired) electrons. The number of nitrogen functional groups attached to an aromatic ring is 1. The normalized spacial score (nSPS) is 10.6. The Kier molecular flexibility index (Phi) is 3.97. The number of esters is 1. The number of carbonyl (C=O) groups excluding carboxylic acids is 1. The van der Waals surface area contributed by atoms with Crippen LogP contribution in [0, 0.1) is 11.6 Å². The first-order valence-electron chi connectivity index (χ1n) is 5.95. The third-order valence-electron chi connectivity index (χ3n) is 2.63. The zero-order valence-electron chi connectivity index (χ0n) is 10.8. The van der Waals surface area contributed by atoms with Gasteiger partial charge in [0.15, 0.2) is 5.69 Å². The molecule has 0 spiro atoms. The fraction of sp³-hybridized carbons (Fsp3) is 0.231. The maximum absolute atomic E-state index is 13.5. The Labute approximate surface area is 114 Å². The smallest absolute Gasteiger partial charge is 0.358 e. The van der Waals surface area contributed by atoms with Crippen molar-refractivity contribution < 1.29 is 18.3 Å². The Hall–Kier alpha value is -2.44. The lowest BCUT2D eigenvalue weighted by atomic mass is 10.2. The number of nitrogens with zero attached hydrogens (tertiary/aromatic N) is 2. The fourth-order valence-corrected chi connectivity index (χ4v) is 1.67. The van der Waals surface area contributed by atoms with E-state index in [-0.39, 0.29) is 30.2 Å². The third kappa shape index (κ3) is 2.93. The van der Waals surface area contributed by atoms with Crippen molar-refractivity contribution in [2.75, 3.05) is 12.3 Å². The van der Waals surface area contributed by atoms with Gasteiger partial charge in [-0.1, -0.05) is 6.07 Å². The van der Waals surface area contributed by atoms with Crippen molar-refractivity contribution in [2.45, 2.75) is 13.5 Å². The van der Waals surface area contributed by atoms with Crippen LogP contribution in [0.15, 0.2) is 24.3 Å². The Morgan fingerprint density at radius 2 is 2.15 bits per heavy atom. The van der Waals surface area contributed by atoms with Crippen LogP contribution >= 0.6 is 0 Å². The largest absolute Gasteiger partial charge is 0.461 e. The lowest BCUT2D eigenvalue weighted by molar-refractivity contribution is 0.0518. The minimum atomic E-state index is -0.697. The van der Waals surface area contributed by atoms with Crippen LogP contribution < -0.4 is 5.73 Å². The highest BCUT2D eigenvalue weighted by Gasteiger charge is 2.15. The third-order valence-corrected chi connectivity index (χ3v) is 2.63. The van der Waals surface area contributed by atoms with Crippen LogP contribution in [0.3, 0.4) is 0 Å². The number of hydrogen-bond donors (Lipinski definition) is 1. The van der Waals surface area contributed by atoms with Crippen LogP contribution in [-0.4, -0.2) is 22.4 Å². The SMILES string of the molecule is CCOC(=O)c1cc(N)n(Cc2ccc(F)cc2F)n1. The van der Waals surface area contributed by atoms with Gasteiger partial charge in [0.05, 0.1) is 13.2 Å². The number of rotatable bonds is 4. The molecule has 0 amide bonds. The monoisotopic (exact) mass is 281 g/mol. The number of hydrogen-bond acceptors (Lipinski definition) is 4. The van der Waals surface area contributed by atoms with Gasteiger partial charge < -0.3 is 10.5 Å². The lowest BCUT2D eigenvalue weighted by Crippen LogP contribution is -2.10. The summed E-state index contributed by atoms with van der Waals surface area (Å²) in [4.78, 5) is 11.5. The second-order valence-electron chi connectivity index (χ2n) is 4.07. The second-order valence-corrected chi connectivity index (χ2v) is 4.07. The minimum Gasteiger partial charge on any atom is -0.461 e. The zero-order chi connectivity index (χ0) is 14.7. The van der Waals surface area contributed by atoms with Crippen molar-refractivity contribution in [2.24, 2.45) is 0 Å². The van der Waals surface area contributed by atoms with Gasteiger partial charge in [0, 0.05) is 17.7 Å². The Morgan fingerprint density at radius 1 is 1.40 bits per heavy atom. The van der Waals surface area contributed by atoms with Crippen LogP contribution in [0.25, 0.3) is 0 Å². The molecule has 0 saturated heterocycles. The van der Waals surface area contributed by atoms with Crippen LogP contribution in [0.4, 0.5) is 14.6 Å². The summed E-state index contributed by atoms with van der Waals surface area (Å²) < 4.78 is 32.4. The van der Waals surface area contributed by atoms with Crippen molar-refractivity contribution in [3.8, 4) is 0 Å². The molecule has 0 aliphatic heterocycles. The van der Waals surface area contributed by atoms with Gasteiger partial charge in [-0.25, -0.2) is 18.3 Å². The maximum atomic E-state index is 13.5. The Balaban J connectivity index is 2.23. The number of halogens is 2. The second kappa shape index (κ2) is 5.68. The lowest BCUT2D eigenvalue weighted by Gasteiger charge is -2.05. The molecule has 1 heterocycles. The molecule has 0 fully saturated rings. The van der Waals surface area contributed by atoms with E-state index in [1.54, 1.807) is 6.92 Å². The van der Waals surface area contributed by atoms with Crippen LogP contribution in [-0.2, 0) is 11.3 Å². The molecule has 7 heteroatoms. The van der Waals surface area contributed by atoms with Crippen molar-refractivity contribution >= 4 is 11.8 Å². The van der Waals surface area contributed by atoms with Gasteiger partial charge >= 0.3 is 5.97 Å². The van der Waals surface area contributed by atoms with Gasteiger partial charge in [0.2, 0.25) is 0 Å². The molecule has 0 unspecified atom stereocenters. The van der Waals surface area contributed by atoms with Gasteiger partial charge in [0.1, 0.15) is 17.5 Å². The summed E-state index contributed by atoms with van der Waals surface area (Å²) in [5, 5.41) is 3.94. The topological polar surface area (TPSA) is 70.1 Å². The van der Waals surface area contributed by atoms with Crippen molar-refractivity contribution in [1.29, 1.82) is 0 Å². The molecule has 0 aliphatic rings. The quantitative estimate of drug-likeness (QED) is 0.870. The molecule has 20 heavy (non-hydrogen) atoms. The summed E-state index contributed by atoms with van der Waals surface area (Å²) in [6, 6.07) is 4.57.